The Morgan fingerprint density at radius 1 is 1.19 bits per heavy atom. The van der Waals surface area contributed by atoms with E-state index in [-0.39, 0.29) is 18.8 Å². The predicted octanol–water partition coefficient (Wildman–Crippen LogP) is 2.76. The summed E-state index contributed by atoms with van der Waals surface area (Å²) in [7, 11) is 0. The zero-order valence-electron chi connectivity index (χ0n) is 14.1. The lowest BCUT2D eigenvalue weighted by atomic mass is 10.2. The molecule has 0 saturated carbocycles. The average Bonchev–Trinajstić information content (AvgIpc) is 3.04. The molecule has 1 unspecified atom stereocenters. The molecule has 1 N–H and O–H groups in total. The van der Waals surface area contributed by atoms with E-state index in [9.17, 15) is 14.0 Å². The highest BCUT2D eigenvalue weighted by Crippen LogP contribution is 2.18. The van der Waals surface area contributed by atoms with Crippen LogP contribution in [0.5, 0.6) is 0 Å². The SMILES string of the molecule is CC(OC(=O)Cc1noc2ccccc12)C(=O)NCc1ccc(F)cc1. The van der Waals surface area contributed by atoms with Gasteiger partial charge in [-0.05, 0) is 36.8 Å². The van der Waals surface area contributed by atoms with Crippen LogP contribution in [0.1, 0.15) is 18.2 Å². The third-order valence-corrected chi connectivity index (χ3v) is 3.82. The quantitative estimate of drug-likeness (QED) is 0.687. The lowest BCUT2D eigenvalue weighted by Gasteiger charge is -2.13. The molecular formula is C19H17FN2O4. The van der Waals surface area contributed by atoms with Crippen molar-refractivity contribution >= 4 is 22.8 Å². The lowest BCUT2D eigenvalue weighted by Crippen LogP contribution is -2.35. The monoisotopic (exact) mass is 356 g/mol. The smallest absolute Gasteiger partial charge is 0.312 e. The number of nitrogens with one attached hydrogen (secondary N) is 1. The van der Waals surface area contributed by atoms with E-state index in [1.54, 1.807) is 24.3 Å². The summed E-state index contributed by atoms with van der Waals surface area (Å²) in [5.74, 6) is -1.36. The zero-order chi connectivity index (χ0) is 18.5. The maximum absolute atomic E-state index is 12.9. The van der Waals surface area contributed by atoms with Crippen molar-refractivity contribution in [3.8, 4) is 0 Å². The minimum absolute atomic E-state index is 0.0907. The van der Waals surface area contributed by atoms with Crippen LogP contribution in [0, 0.1) is 5.82 Å². The number of rotatable bonds is 6. The fourth-order valence-electron chi connectivity index (χ4n) is 2.43. The number of hydrogen-bond acceptors (Lipinski definition) is 5. The number of para-hydroxylation sites is 1. The summed E-state index contributed by atoms with van der Waals surface area (Å²) in [6.45, 7) is 1.70. The van der Waals surface area contributed by atoms with E-state index in [2.05, 4.69) is 10.5 Å². The molecule has 7 heteroatoms. The molecule has 1 atom stereocenters. The van der Waals surface area contributed by atoms with Gasteiger partial charge in [0.25, 0.3) is 5.91 Å². The van der Waals surface area contributed by atoms with Gasteiger partial charge in [-0.2, -0.15) is 0 Å². The van der Waals surface area contributed by atoms with E-state index < -0.39 is 18.0 Å². The predicted molar refractivity (Wildman–Crippen MR) is 91.5 cm³/mol. The van der Waals surface area contributed by atoms with Crippen molar-refractivity contribution in [2.75, 3.05) is 0 Å². The van der Waals surface area contributed by atoms with Crippen molar-refractivity contribution in [3.63, 3.8) is 0 Å². The lowest BCUT2D eigenvalue weighted by molar-refractivity contribution is -0.154. The normalized spacial score (nSPS) is 11.9. The van der Waals surface area contributed by atoms with Gasteiger partial charge >= 0.3 is 5.97 Å². The Bertz CT molecular complexity index is 921. The number of esters is 1. The molecule has 0 aliphatic rings. The highest BCUT2D eigenvalue weighted by atomic mass is 19.1. The summed E-state index contributed by atoms with van der Waals surface area (Å²) in [5.41, 5.74) is 1.79. The first-order chi connectivity index (χ1) is 12.5. The molecule has 0 bridgehead atoms. The van der Waals surface area contributed by atoms with Crippen LogP contribution >= 0.6 is 0 Å². The second-order valence-corrected chi connectivity index (χ2v) is 5.78. The van der Waals surface area contributed by atoms with E-state index in [1.165, 1.54) is 19.1 Å². The van der Waals surface area contributed by atoms with Crippen molar-refractivity contribution in [3.05, 3.63) is 65.6 Å². The maximum Gasteiger partial charge on any atom is 0.312 e. The number of carbonyl (C=O) groups is 2. The number of ether oxygens (including phenoxy) is 1. The number of nitrogens with zero attached hydrogens (tertiary/aromatic N) is 1. The van der Waals surface area contributed by atoms with Crippen LogP contribution in [0.2, 0.25) is 0 Å². The van der Waals surface area contributed by atoms with Crippen molar-refractivity contribution < 1.29 is 23.2 Å². The summed E-state index contributed by atoms with van der Waals surface area (Å²) in [5, 5.41) is 7.24. The van der Waals surface area contributed by atoms with Crippen LogP contribution < -0.4 is 5.32 Å². The van der Waals surface area contributed by atoms with Crippen molar-refractivity contribution in [2.24, 2.45) is 0 Å². The number of fused-ring (bicyclic) bond motifs is 1. The first-order valence-electron chi connectivity index (χ1n) is 8.08. The Morgan fingerprint density at radius 3 is 2.69 bits per heavy atom. The minimum atomic E-state index is -0.957. The molecule has 26 heavy (non-hydrogen) atoms. The van der Waals surface area contributed by atoms with E-state index in [1.807, 2.05) is 12.1 Å². The third kappa shape index (κ3) is 4.24. The van der Waals surface area contributed by atoms with Crippen LogP contribution in [0.15, 0.2) is 53.1 Å². The van der Waals surface area contributed by atoms with Crippen LogP contribution in [-0.4, -0.2) is 23.1 Å². The topological polar surface area (TPSA) is 81.4 Å². The van der Waals surface area contributed by atoms with Gasteiger partial charge in [0, 0.05) is 11.9 Å². The molecule has 0 aliphatic heterocycles. The van der Waals surface area contributed by atoms with E-state index >= 15 is 0 Å². The summed E-state index contributed by atoms with van der Waals surface area (Å²) < 4.78 is 23.1. The number of halogens is 1. The van der Waals surface area contributed by atoms with Gasteiger partial charge in [-0.25, -0.2) is 4.39 Å². The van der Waals surface area contributed by atoms with Gasteiger partial charge in [-0.15, -0.1) is 0 Å². The Balaban J connectivity index is 1.51. The number of benzene rings is 2. The first kappa shape index (κ1) is 17.6. The second kappa shape index (κ2) is 7.77. The molecule has 0 aliphatic carbocycles. The highest BCUT2D eigenvalue weighted by Gasteiger charge is 2.20. The molecule has 6 nitrogen and oxygen atoms in total. The van der Waals surface area contributed by atoms with Gasteiger partial charge in [0.2, 0.25) is 0 Å². The van der Waals surface area contributed by atoms with Crippen molar-refractivity contribution in [2.45, 2.75) is 26.0 Å². The molecular weight excluding hydrogens is 339 g/mol. The van der Waals surface area contributed by atoms with Crippen molar-refractivity contribution in [1.82, 2.24) is 10.5 Å². The number of aromatic nitrogens is 1. The molecule has 0 saturated heterocycles. The molecule has 0 spiro atoms. The molecule has 1 aromatic heterocycles. The number of carbonyl (C=O) groups excluding carboxylic acids is 2. The third-order valence-electron chi connectivity index (χ3n) is 3.82. The molecule has 2 aromatic carbocycles. The molecule has 1 amide bonds. The summed E-state index contributed by atoms with van der Waals surface area (Å²) in [6.07, 6.45) is -1.05. The zero-order valence-corrected chi connectivity index (χ0v) is 14.1. The Morgan fingerprint density at radius 2 is 1.92 bits per heavy atom. The van der Waals surface area contributed by atoms with Crippen molar-refractivity contribution in [1.29, 1.82) is 0 Å². The largest absolute Gasteiger partial charge is 0.452 e. The molecule has 0 fully saturated rings. The van der Waals surface area contributed by atoms with Crippen LogP contribution in [0.4, 0.5) is 4.39 Å². The Hall–Kier alpha value is -3.22. The highest BCUT2D eigenvalue weighted by molar-refractivity contribution is 5.86. The molecule has 3 aromatic rings. The fraction of sp³-hybridized carbons (Fsp3) is 0.211. The van der Waals surface area contributed by atoms with Crippen LogP contribution in [0.3, 0.4) is 0 Å². The summed E-state index contributed by atoms with van der Waals surface area (Å²) in [6, 6.07) is 12.9. The van der Waals surface area contributed by atoms with Gasteiger partial charge < -0.3 is 14.6 Å². The molecule has 0 radical (unpaired) electrons. The Labute approximate surface area is 148 Å². The second-order valence-electron chi connectivity index (χ2n) is 5.78. The average molecular weight is 356 g/mol. The number of amides is 1. The van der Waals surface area contributed by atoms with E-state index in [0.717, 1.165) is 10.9 Å². The van der Waals surface area contributed by atoms with Crippen LogP contribution in [-0.2, 0) is 27.3 Å². The van der Waals surface area contributed by atoms with Gasteiger partial charge in [0.05, 0.1) is 6.42 Å². The fourth-order valence-corrected chi connectivity index (χ4v) is 2.43. The van der Waals surface area contributed by atoms with Crippen LogP contribution in [0.25, 0.3) is 11.0 Å². The first-order valence-corrected chi connectivity index (χ1v) is 8.08. The van der Waals surface area contributed by atoms with Gasteiger partial charge in [-0.3, -0.25) is 9.59 Å². The molecule has 1 heterocycles. The van der Waals surface area contributed by atoms with Gasteiger partial charge in [-0.1, -0.05) is 29.4 Å². The Kier molecular flexibility index (Phi) is 5.26. The maximum atomic E-state index is 12.9. The van der Waals surface area contributed by atoms with Gasteiger partial charge in [0.15, 0.2) is 11.7 Å². The molecule has 134 valence electrons. The van der Waals surface area contributed by atoms with E-state index in [4.69, 9.17) is 9.26 Å². The van der Waals surface area contributed by atoms with E-state index in [0.29, 0.717) is 11.3 Å². The number of hydrogen-bond donors (Lipinski definition) is 1. The minimum Gasteiger partial charge on any atom is -0.452 e. The standard InChI is InChI=1S/C19H17FN2O4/c1-12(19(24)21-11-13-6-8-14(20)9-7-13)25-18(23)10-16-15-4-2-3-5-17(15)26-22-16/h2-9,12H,10-11H2,1H3,(H,21,24). The van der Waals surface area contributed by atoms with Gasteiger partial charge in [0.1, 0.15) is 11.5 Å². The molecule has 3 rings (SSSR count). The summed E-state index contributed by atoms with van der Waals surface area (Å²) >= 11 is 0. The summed E-state index contributed by atoms with van der Waals surface area (Å²) in [4.78, 5) is 24.1.